The normalized spacial score (nSPS) is 14.5. The number of nitrogens with zero attached hydrogens (tertiary/aromatic N) is 3. The average molecular weight is 382 g/mol. The topological polar surface area (TPSA) is 109 Å². The highest BCUT2D eigenvalue weighted by atomic mass is 19.1. The number of benzene rings is 1. The molecule has 3 aromatic rings. The predicted molar refractivity (Wildman–Crippen MR) is 103 cm³/mol. The number of aromatic nitrogens is 3. The van der Waals surface area contributed by atoms with Crippen LogP contribution in [0.15, 0.2) is 42.6 Å². The summed E-state index contributed by atoms with van der Waals surface area (Å²) >= 11 is 0. The van der Waals surface area contributed by atoms with Gasteiger partial charge in [-0.05, 0) is 37.5 Å². The molecule has 0 aliphatic heterocycles. The van der Waals surface area contributed by atoms with Gasteiger partial charge in [0, 0.05) is 29.8 Å². The van der Waals surface area contributed by atoms with Crippen molar-refractivity contribution >= 4 is 23.0 Å². The largest absolute Gasteiger partial charge is 0.363 e. The van der Waals surface area contributed by atoms with E-state index in [9.17, 15) is 14.5 Å². The molecule has 1 atom stereocenters. The Bertz CT molecular complexity index is 1000. The van der Waals surface area contributed by atoms with E-state index >= 15 is 0 Å². The number of pyridine rings is 1. The molecule has 144 valence electrons. The molecule has 1 aromatic carbocycles. The summed E-state index contributed by atoms with van der Waals surface area (Å²) in [5.74, 6) is 1.18. The van der Waals surface area contributed by atoms with Gasteiger partial charge in [0.2, 0.25) is 0 Å². The van der Waals surface area contributed by atoms with Crippen molar-refractivity contribution in [3.63, 3.8) is 0 Å². The molecule has 0 spiro atoms. The number of anilines is 3. The lowest BCUT2D eigenvalue weighted by Gasteiger charge is -2.15. The zero-order chi connectivity index (χ0) is 19.7. The lowest BCUT2D eigenvalue weighted by molar-refractivity contribution is -0.384. The third-order valence-corrected chi connectivity index (χ3v) is 4.69. The van der Waals surface area contributed by atoms with Crippen LogP contribution in [0.5, 0.6) is 0 Å². The van der Waals surface area contributed by atoms with Crippen LogP contribution in [0.25, 0.3) is 0 Å². The summed E-state index contributed by atoms with van der Waals surface area (Å²) < 4.78 is 13.1. The first-order chi connectivity index (χ1) is 13.5. The van der Waals surface area contributed by atoms with Gasteiger partial charge in [-0.25, -0.2) is 9.37 Å². The number of aromatic amines is 1. The lowest BCUT2D eigenvalue weighted by atomic mass is 10.1. The van der Waals surface area contributed by atoms with Crippen LogP contribution in [0.3, 0.4) is 0 Å². The summed E-state index contributed by atoms with van der Waals surface area (Å²) in [5, 5.41) is 24.7. The Morgan fingerprint density at radius 2 is 2.00 bits per heavy atom. The van der Waals surface area contributed by atoms with Gasteiger partial charge < -0.3 is 10.6 Å². The number of nitro groups is 1. The molecular formula is C19H19FN6O2. The fraction of sp³-hybridized carbons (Fsp3) is 0.263. The maximum absolute atomic E-state index is 13.1. The van der Waals surface area contributed by atoms with Crippen LogP contribution in [-0.4, -0.2) is 20.1 Å². The molecule has 4 rings (SSSR count). The average Bonchev–Trinajstić information content (AvgIpc) is 3.42. The molecule has 28 heavy (non-hydrogen) atoms. The summed E-state index contributed by atoms with van der Waals surface area (Å²) in [7, 11) is 0. The van der Waals surface area contributed by atoms with Crippen molar-refractivity contribution in [2.24, 2.45) is 0 Å². The number of hydrogen-bond acceptors (Lipinski definition) is 6. The van der Waals surface area contributed by atoms with Crippen LogP contribution in [-0.2, 0) is 0 Å². The van der Waals surface area contributed by atoms with Crippen LogP contribution in [0, 0.1) is 15.9 Å². The Balaban J connectivity index is 1.55. The molecule has 0 radical (unpaired) electrons. The van der Waals surface area contributed by atoms with Gasteiger partial charge in [0.05, 0.1) is 4.92 Å². The van der Waals surface area contributed by atoms with E-state index < -0.39 is 4.92 Å². The highest BCUT2D eigenvalue weighted by Crippen LogP contribution is 2.40. The Morgan fingerprint density at radius 3 is 2.68 bits per heavy atom. The Hall–Kier alpha value is -3.49. The van der Waals surface area contributed by atoms with Crippen LogP contribution >= 0.6 is 0 Å². The smallest absolute Gasteiger partial charge is 0.310 e. The molecule has 0 amide bonds. The molecule has 9 heteroatoms. The van der Waals surface area contributed by atoms with Gasteiger partial charge >= 0.3 is 5.69 Å². The Morgan fingerprint density at radius 1 is 1.25 bits per heavy atom. The number of H-pyrrole nitrogens is 1. The standard InChI is InChI=1S/C19H19FN6O2/c1-11(12-4-6-14(20)7-5-12)22-18-9-16(17(10-21-18)26(27)28)23-19-8-15(24-25-19)13-2-3-13/h4-11,13H,2-3H2,1H3,(H3,21,22,23,24,25). The molecule has 1 fully saturated rings. The van der Waals surface area contributed by atoms with Gasteiger partial charge in [-0.15, -0.1) is 0 Å². The Labute approximate surface area is 160 Å². The van der Waals surface area contributed by atoms with E-state index in [1.54, 1.807) is 18.2 Å². The molecule has 2 aromatic heterocycles. The van der Waals surface area contributed by atoms with Gasteiger partial charge in [0.1, 0.15) is 23.5 Å². The van der Waals surface area contributed by atoms with Gasteiger partial charge in [-0.3, -0.25) is 15.2 Å². The molecule has 3 N–H and O–H groups in total. The third-order valence-electron chi connectivity index (χ3n) is 4.69. The molecule has 1 saturated carbocycles. The van der Waals surface area contributed by atoms with Gasteiger partial charge in [0.25, 0.3) is 0 Å². The Kier molecular flexibility index (Phi) is 4.64. The summed E-state index contributed by atoms with van der Waals surface area (Å²) in [6.07, 6.45) is 3.47. The summed E-state index contributed by atoms with van der Waals surface area (Å²) in [6, 6.07) is 9.42. The van der Waals surface area contributed by atoms with Crippen molar-refractivity contribution in [3.05, 3.63) is 69.8 Å². The number of nitrogens with one attached hydrogen (secondary N) is 3. The summed E-state index contributed by atoms with van der Waals surface area (Å²) in [6.45, 7) is 1.90. The van der Waals surface area contributed by atoms with E-state index in [2.05, 4.69) is 25.8 Å². The maximum atomic E-state index is 13.1. The second-order valence-corrected chi connectivity index (χ2v) is 6.87. The molecule has 1 aliphatic rings. The fourth-order valence-electron chi connectivity index (χ4n) is 2.97. The molecule has 0 saturated heterocycles. The zero-order valence-corrected chi connectivity index (χ0v) is 15.1. The minimum atomic E-state index is -0.489. The minimum Gasteiger partial charge on any atom is -0.363 e. The van der Waals surface area contributed by atoms with Crippen LogP contribution < -0.4 is 10.6 Å². The molecule has 2 heterocycles. The van der Waals surface area contributed by atoms with E-state index in [-0.39, 0.29) is 17.5 Å². The second kappa shape index (κ2) is 7.26. The number of halogens is 1. The van der Waals surface area contributed by atoms with Crippen molar-refractivity contribution < 1.29 is 9.31 Å². The second-order valence-electron chi connectivity index (χ2n) is 6.87. The molecule has 1 aliphatic carbocycles. The van der Waals surface area contributed by atoms with Gasteiger partial charge in [-0.2, -0.15) is 5.10 Å². The van der Waals surface area contributed by atoms with E-state index in [0.717, 1.165) is 24.1 Å². The first-order valence-electron chi connectivity index (χ1n) is 8.98. The van der Waals surface area contributed by atoms with E-state index in [4.69, 9.17) is 0 Å². The molecule has 8 nitrogen and oxygen atoms in total. The van der Waals surface area contributed by atoms with Gasteiger partial charge in [-0.1, -0.05) is 12.1 Å². The zero-order valence-electron chi connectivity index (χ0n) is 15.1. The predicted octanol–water partition coefficient (Wildman–Crippen LogP) is 4.65. The van der Waals surface area contributed by atoms with Crippen molar-refractivity contribution in [2.45, 2.75) is 31.7 Å². The van der Waals surface area contributed by atoms with Crippen molar-refractivity contribution in [1.29, 1.82) is 0 Å². The number of rotatable bonds is 7. The first-order valence-corrected chi connectivity index (χ1v) is 8.98. The maximum Gasteiger partial charge on any atom is 0.310 e. The quantitative estimate of drug-likeness (QED) is 0.405. The third kappa shape index (κ3) is 3.93. The molecular weight excluding hydrogens is 363 g/mol. The van der Waals surface area contributed by atoms with E-state index in [0.29, 0.717) is 23.2 Å². The summed E-state index contributed by atoms with van der Waals surface area (Å²) in [4.78, 5) is 15.0. The minimum absolute atomic E-state index is 0.143. The molecule has 1 unspecified atom stereocenters. The fourth-order valence-corrected chi connectivity index (χ4v) is 2.97. The van der Waals surface area contributed by atoms with Gasteiger partial charge in [0.15, 0.2) is 5.82 Å². The lowest BCUT2D eigenvalue weighted by Crippen LogP contribution is -2.09. The monoisotopic (exact) mass is 382 g/mol. The van der Waals surface area contributed by atoms with E-state index in [1.807, 2.05) is 13.0 Å². The van der Waals surface area contributed by atoms with E-state index in [1.165, 1.54) is 18.3 Å². The first kappa shape index (κ1) is 17.9. The highest BCUT2D eigenvalue weighted by molar-refractivity contribution is 5.70. The number of hydrogen-bond donors (Lipinski definition) is 3. The van der Waals surface area contributed by atoms with Crippen molar-refractivity contribution in [1.82, 2.24) is 15.2 Å². The molecule has 0 bridgehead atoms. The van der Waals surface area contributed by atoms with Crippen molar-refractivity contribution in [2.75, 3.05) is 10.6 Å². The highest BCUT2D eigenvalue weighted by Gasteiger charge is 2.26. The SMILES string of the molecule is CC(Nc1cc(Nc2cc(C3CC3)[nH]n2)c([N+](=O)[O-])cn1)c1ccc(F)cc1. The van der Waals surface area contributed by atoms with Crippen LogP contribution in [0.4, 0.5) is 27.4 Å². The van der Waals surface area contributed by atoms with Crippen LogP contribution in [0.2, 0.25) is 0 Å². The summed E-state index contributed by atoms with van der Waals surface area (Å²) in [5.41, 5.74) is 2.05. The van der Waals surface area contributed by atoms with Crippen molar-refractivity contribution in [3.8, 4) is 0 Å². The van der Waals surface area contributed by atoms with Crippen LogP contribution in [0.1, 0.15) is 43.0 Å².